The molecule has 15 heteroatoms. The largest absolute Gasteiger partial charge is 0.509 e. The molecule has 1 aromatic heterocycles. The molecular formula is C19H25N4O9PS. The minimum atomic E-state index is -3.72. The van der Waals surface area contributed by atoms with Crippen molar-refractivity contribution in [3.8, 4) is 0 Å². The zero-order chi connectivity index (χ0) is 24.7. The van der Waals surface area contributed by atoms with Crippen molar-refractivity contribution in [2.24, 2.45) is 4.99 Å². The summed E-state index contributed by atoms with van der Waals surface area (Å²) in [6.07, 6.45) is -0.551. The Labute approximate surface area is 199 Å². The number of aromatic nitrogens is 2. The maximum atomic E-state index is 13.2. The van der Waals surface area contributed by atoms with Crippen molar-refractivity contribution in [1.82, 2.24) is 14.2 Å². The number of imidazole rings is 1. The Kier molecular flexibility index (Phi) is 7.00. The van der Waals surface area contributed by atoms with Gasteiger partial charge in [-0.1, -0.05) is 11.8 Å². The van der Waals surface area contributed by atoms with Gasteiger partial charge in [0.25, 0.3) is 0 Å². The predicted molar refractivity (Wildman–Crippen MR) is 119 cm³/mol. The van der Waals surface area contributed by atoms with Crippen LogP contribution >= 0.6 is 19.5 Å². The van der Waals surface area contributed by atoms with Crippen LogP contribution in [-0.4, -0.2) is 88.4 Å². The predicted octanol–water partition coefficient (Wildman–Crippen LogP) is 2.35. The number of hydrogen-bond acceptors (Lipinski definition) is 12. The maximum absolute atomic E-state index is 13.2. The van der Waals surface area contributed by atoms with Crippen molar-refractivity contribution < 1.29 is 42.2 Å². The lowest BCUT2D eigenvalue weighted by Gasteiger charge is -2.26. The Balaban J connectivity index is 1.52. The lowest BCUT2D eigenvalue weighted by atomic mass is 9.96. The summed E-state index contributed by atoms with van der Waals surface area (Å²) in [7, 11) is -0.655. The van der Waals surface area contributed by atoms with Gasteiger partial charge in [0.15, 0.2) is 40.3 Å². The highest BCUT2D eigenvalue weighted by Gasteiger charge is 2.64. The lowest BCUT2D eigenvalue weighted by Crippen LogP contribution is -2.42. The SMILES string of the molecule is CC(=O)SCCOP(=O)(OC[C@H]1O[C@@H](n2cnc3c2N=CCC3=O)[C@@]2(C)OC(=O)OC12)N(C)C. The number of Topliss-reactive ketones (excluding diaryl/α,β-unsaturated/α-hetero) is 1. The van der Waals surface area contributed by atoms with E-state index in [2.05, 4.69) is 9.98 Å². The van der Waals surface area contributed by atoms with E-state index >= 15 is 0 Å². The number of aliphatic imine (C=N–C) groups is 1. The van der Waals surface area contributed by atoms with E-state index in [0.717, 1.165) is 11.8 Å². The minimum absolute atomic E-state index is 0.0281. The van der Waals surface area contributed by atoms with Gasteiger partial charge in [0, 0.05) is 25.3 Å². The van der Waals surface area contributed by atoms with Gasteiger partial charge in [0.1, 0.15) is 6.10 Å². The average Bonchev–Trinajstić information content (AvgIpc) is 3.39. The normalized spacial score (nSPS) is 29.5. The van der Waals surface area contributed by atoms with E-state index in [1.165, 1.54) is 42.8 Å². The van der Waals surface area contributed by atoms with Gasteiger partial charge in [-0.2, -0.15) is 0 Å². The van der Waals surface area contributed by atoms with E-state index < -0.39 is 37.9 Å². The number of nitrogens with zero attached hydrogens (tertiary/aromatic N) is 4. The second-order valence-corrected chi connectivity index (χ2v) is 11.7. The van der Waals surface area contributed by atoms with Crippen LogP contribution < -0.4 is 0 Å². The Morgan fingerprint density at radius 3 is 2.85 bits per heavy atom. The smallest absolute Gasteiger partial charge is 0.424 e. The number of fused-ring (bicyclic) bond motifs is 2. The van der Waals surface area contributed by atoms with Crippen LogP contribution in [0.1, 0.15) is 37.0 Å². The molecule has 4 heterocycles. The number of carbonyl (C=O) groups excluding carboxylic acids is 3. The standard InChI is InChI=1S/C19H25N4O9PS/c1-11(24)34-8-7-28-33(27,22(3)4)29-9-13-15-19(2,32-18(26)31-15)17(30-13)23-10-21-14-12(25)5-6-20-16(14)23/h6,10,13,15,17H,5,7-9H2,1-4H3/t13-,15?,17-,19+,33?/m1/s1. The molecule has 0 spiro atoms. The molecule has 0 saturated carbocycles. The first-order valence-electron chi connectivity index (χ1n) is 10.4. The summed E-state index contributed by atoms with van der Waals surface area (Å²) in [6.45, 7) is 2.85. The van der Waals surface area contributed by atoms with E-state index in [-0.39, 0.29) is 42.0 Å². The van der Waals surface area contributed by atoms with Gasteiger partial charge in [-0.15, -0.1) is 0 Å². The molecular weight excluding hydrogens is 491 g/mol. The summed E-state index contributed by atoms with van der Waals surface area (Å²) in [4.78, 5) is 43.7. The van der Waals surface area contributed by atoms with Crippen LogP contribution in [0.3, 0.4) is 0 Å². The quantitative estimate of drug-likeness (QED) is 0.269. The number of thioether (sulfide) groups is 1. The summed E-state index contributed by atoms with van der Waals surface area (Å²) in [5, 5.41) is -0.0790. The van der Waals surface area contributed by atoms with E-state index in [4.69, 9.17) is 23.3 Å². The first-order valence-corrected chi connectivity index (χ1v) is 12.9. The van der Waals surface area contributed by atoms with Crippen molar-refractivity contribution in [2.75, 3.05) is 33.1 Å². The van der Waals surface area contributed by atoms with Crippen molar-refractivity contribution in [3.05, 3.63) is 12.0 Å². The van der Waals surface area contributed by atoms with E-state index in [9.17, 15) is 18.9 Å². The van der Waals surface area contributed by atoms with Gasteiger partial charge < -0.3 is 14.2 Å². The average molecular weight is 516 g/mol. The maximum Gasteiger partial charge on any atom is 0.509 e. The summed E-state index contributed by atoms with van der Waals surface area (Å²) in [5.41, 5.74) is -1.08. The summed E-state index contributed by atoms with van der Waals surface area (Å²) in [6, 6.07) is 0. The fourth-order valence-corrected chi connectivity index (χ4v) is 5.67. The topological polar surface area (TPSA) is 148 Å². The molecule has 5 atom stereocenters. The van der Waals surface area contributed by atoms with E-state index in [1.807, 2.05) is 0 Å². The number of carbonyl (C=O) groups is 3. The van der Waals surface area contributed by atoms with Crippen LogP contribution in [0.15, 0.2) is 11.3 Å². The highest BCUT2D eigenvalue weighted by atomic mass is 32.2. The van der Waals surface area contributed by atoms with Crippen LogP contribution in [-0.2, 0) is 32.6 Å². The fraction of sp³-hybridized carbons (Fsp3) is 0.632. The molecule has 0 amide bonds. The van der Waals surface area contributed by atoms with Crippen molar-refractivity contribution in [1.29, 1.82) is 0 Å². The second kappa shape index (κ2) is 9.51. The molecule has 4 rings (SSSR count). The molecule has 2 saturated heterocycles. The zero-order valence-electron chi connectivity index (χ0n) is 19.0. The molecule has 1 aromatic rings. The first kappa shape index (κ1) is 25.0. The van der Waals surface area contributed by atoms with Crippen LogP contribution in [0.2, 0.25) is 0 Å². The third kappa shape index (κ3) is 4.58. The molecule has 0 aromatic carbocycles. The molecule has 34 heavy (non-hydrogen) atoms. The van der Waals surface area contributed by atoms with Gasteiger partial charge in [-0.3, -0.25) is 23.2 Å². The fourth-order valence-electron chi connectivity index (χ4n) is 3.90. The molecule has 3 aliphatic heterocycles. The van der Waals surface area contributed by atoms with Crippen LogP contribution in [0.4, 0.5) is 10.6 Å². The van der Waals surface area contributed by atoms with Crippen LogP contribution in [0.25, 0.3) is 0 Å². The molecule has 13 nitrogen and oxygen atoms in total. The van der Waals surface area contributed by atoms with Gasteiger partial charge in [0.2, 0.25) is 0 Å². The summed E-state index contributed by atoms with van der Waals surface area (Å²) in [5.74, 6) is 0.418. The van der Waals surface area contributed by atoms with Crippen molar-refractivity contribution in [3.63, 3.8) is 0 Å². The highest BCUT2D eigenvalue weighted by Crippen LogP contribution is 2.53. The zero-order valence-corrected chi connectivity index (χ0v) is 20.7. The third-order valence-corrected chi connectivity index (χ3v) is 8.27. The molecule has 2 fully saturated rings. The molecule has 0 N–H and O–H groups in total. The monoisotopic (exact) mass is 516 g/mol. The second-order valence-electron chi connectivity index (χ2n) is 8.15. The molecule has 0 radical (unpaired) electrons. The molecule has 186 valence electrons. The number of ether oxygens (including phenoxy) is 3. The summed E-state index contributed by atoms with van der Waals surface area (Å²) < 4.78 is 44.1. The number of ketones is 1. The Hall–Kier alpha value is -2.09. The van der Waals surface area contributed by atoms with E-state index in [1.54, 1.807) is 6.92 Å². The van der Waals surface area contributed by atoms with Gasteiger partial charge in [0.05, 0.1) is 19.5 Å². The van der Waals surface area contributed by atoms with Gasteiger partial charge >= 0.3 is 13.9 Å². The lowest BCUT2D eigenvalue weighted by molar-refractivity contribution is -0.109. The van der Waals surface area contributed by atoms with Crippen LogP contribution in [0.5, 0.6) is 0 Å². The first-order chi connectivity index (χ1) is 16.0. The highest BCUT2D eigenvalue weighted by molar-refractivity contribution is 8.13. The Morgan fingerprint density at radius 1 is 1.38 bits per heavy atom. The van der Waals surface area contributed by atoms with Crippen molar-refractivity contribution >= 4 is 48.6 Å². The Morgan fingerprint density at radius 2 is 2.15 bits per heavy atom. The van der Waals surface area contributed by atoms with Gasteiger partial charge in [-0.25, -0.2) is 24.0 Å². The Bertz CT molecular complexity index is 1080. The van der Waals surface area contributed by atoms with E-state index in [0.29, 0.717) is 5.75 Å². The minimum Gasteiger partial charge on any atom is -0.424 e. The molecule has 3 aliphatic rings. The van der Waals surface area contributed by atoms with Crippen LogP contribution in [0, 0.1) is 0 Å². The van der Waals surface area contributed by atoms with Gasteiger partial charge in [-0.05, 0) is 21.0 Å². The van der Waals surface area contributed by atoms with Crippen molar-refractivity contribution in [2.45, 2.75) is 44.3 Å². The molecule has 2 unspecified atom stereocenters. The molecule has 0 bridgehead atoms. The molecule has 0 aliphatic carbocycles. The summed E-state index contributed by atoms with van der Waals surface area (Å²) >= 11 is 1.05. The third-order valence-electron chi connectivity index (χ3n) is 5.53. The number of rotatable bonds is 9. The number of hydrogen-bond donors (Lipinski definition) is 0.